The van der Waals surface area contributed by atoms with Crippen LogP contribution in [-0.2, 0) is 9.59 Å². The van der Waals surface area contributed by atoms with Gasteiger partial charge in [-0.2, -0.15) is 0 Å². The molecule has 26 heavy (non-hydrogen) atoms. The zero-order chi connectivity index (χ0) is 18.7. The molecule has 1 aromatic carbocycles. The standard InChI is InChI=1S/C20H29N3O3/c1-15(16-6-8-17(26-3)9-7-16)19(24)22-11-13-23(14-12-22)20(25)18-5-4-10-21(18)2/h6-9,15,18H,4-5,10-14H2,1-3H3. The van der Waals surface area contributed by atoms with Crippen molar-refractivity contribution in [1.82, 2.24) is 14.7 Å². The Bertz CT molecular complexity index is 638. The molecule has 2 atom stereocenters. The Morgan fingerprint density at radius 3 is 2.19 bits per heavy atom. The van der Waals surface area contributed by atoms with E-state index >= 15 is 0 Å². The van der Waals surface area contributed by atoms with E-state index in [0.29, 0.717) is 26.2 Å². The molecule has 2 saturated heterocycles. The summed E-state index contributed by atoms with van der Waals surface area (Å²) in [7, 11) is 3.65. The van der Waals surface area contributed by atoms with Gasteiger partial charge >= 0.3 is 0 Å². The van der Waals surface area contributed by atoms with E-state index in [4.69, 9.17) is 4.74 Å². The number of methoxy groups -OCH3 is 1. The number of piperazine rings is 1. The molecule has 2 fully saturated rings. The van der Waals surface area contributed by atoms with Crippen LogP contribution in [0, 0.1) is 0 Å². The van der Waals surface area contributed by atoms with Crippen LogP contribution in [0.5, 0.6) is 5.75 Å². The maximum atomic E-state index is 12.8. The van der Waals surface area contributed by atoms with Crippen LogP contribution in [-0.4, -0.2) is 79.4 Å². The molecule has 2 unspecified atom stereocenters. The van der Waals surface area contributed by atoms with Crippen molar-refractivity contribution in [2.75, 3.05) is 46.9 Å². The van der Waals surface area contributed by atoms with Gasteiger partial charge in [0.25, 0.3) is 0 Å². The van der Waals surface area contributed by atoms with E-state index in [1.54, 1.807) is 7.11 Å². The molecule has 3 rings (SSSR count). The quantitative estimate of drug-likeness (QED) is 0.819. The number of benzene rings is 1. The molecule has 0 saturated carbocycles. The van der Waals surface area contributed by atoms with E-state index in [1.165, 1.54) is 0 Å². The number of carbonyl (C=O) groups excluding carboxylic acids is 2. The monoisotopic (exact) mass is 359 g/mol. The van der Waals surface area contributed by atoms with Crippen molar-refractivity contribution in [3.8, 4) is 5.75 Å². The Labute approximate surface area is 155 Å². The molecule has 6 heteroatoms. The Hall–Kier alpha value is -2.08. The summed E-state index contributed by atoms with van der Waals surface area (Å²) in [6.45, 7) is 5.42. The second-order valence-electron chi connectivity index (χ2n) is 7.28. The van der Waals surface area contributed by atoms with Gasteiger partial charge in [0.1, 0.15) is 5.75 Å². The van der Waals surface area contributed by atoms with Crippen molar-refractivity contribution in [2.45, 2.75) is 31.7 Å². The summed E-state index contributed by atoms with van der Waals surface area (Å²) in [6, 6.07) is 7.67. The molecule has 0 N–H and O–H groups in total. The van der Waals surface area contributed by atoms with Crippen molar-refractivity contribution < 1.29 is 14.3 Å². The molecule has 0 bridgehead atoms. The first-order valence-corrected chi connectivity index (χ1v) is 9.43. The number of ether oxygens (including phenoxy) is 1. The van der Waals surface area contributed by atoms with Crippen LogP contribution >= 0.6 is 0 Å². The minimum atomic E-state index is -0.191. The maximum absolute atomic E-state index is 12.8. The van der Waals surface area contributed by atoms with Gasteiger partial charge in [0, 0.05) is 26.2 Å². The molecule has 2 heterocycles. The number of amides is 2. The number of rotatable bonds is 4. The van der Waals surface area contributed by atoms with Gasteiger partial charge in [-0.3, -0.25) is 14.5 Å². The van der Waals surface area contributed by atoms with Crippen molar-refractivity contribution in [3.05, 3.63) is 29.8 Å². The van der Waals surface area contributed by atoms with Crippen molar-refractivity contribution in [3.63, 3.8) is 0 Å². The van der Waals surface area contributed by atoms with Gasteiger partial charge in [-0.25, -0.2) is 0 Å². The van der Waals surface area contributed by atoms with E-state index in [1.807, 2.05) is 48.0 Å². The molecule has 0 aromatic heterocycles. The van der Waals surface area contributed by atoms with E-state index in [0.717, 1.165) is 30.7 Å². The Kier molecular flexibility index (Phi) is 5.81. The topological polar surface area (TPSA) is 53.1 Å². The number of hydrogen-bond acceptors (Lipinski definition) is 4. The van der Waals surface area contributed by atoms with Crippen LogP contribution in [0.25, 0.3) is 0 Å². The zero-order valence-corrected chi connectivity index (χ0v) is 16.0. The first kappa shape index (κ1) is 18.7. The Morgan fingerprint density at radius 2 is 1.65 bits per heavy atom. The summed E-state index contributed by atoms with van der Waals surface area (Å²) >= 11 is 0. The fourth-order valence-corrected chi connectivity index (χ4v) is 3.89. The highest BCUT2D eigenvalue weighted by molar-refractivity contribution is 5.85. The van der Waals surface area contributed by atoms with Gasteiger partial charge in [-0.05, 0) is 51.1 Å². The van der Waals surface area contributed by atoms with E-state index in [-0.39, 0.29) is 23.8 Å². The number of likely N-dealkylation sites (tertiary alicyclic amines) is 1. The lowest BCUT2D eigenvalue weighted by molar-refractivity contribution is -0.142. The second-order valence-corrected chi connectivity index (χ2v) is 7.28. The predicted octanol–water partition coefficient (Wildman–Crippen LogP) is 1.56. The molecule has 0 aliphatic carbocycles. The van der Waals surface area contributed by atoms with Gasteiger partial charge < -0.3 is 14.5 Å². The number of carbonyl (C=O) groups is 2. The third-order valence-electron chi connectivity index (χ3n) is 5.69. The van der Waals surface area contributed by atoms with Gasteiger partial charge in [-0.1, -0.05) is 12.1 Å². The van der Waals surface area contributed by atoms with Crippen LogP contribution in [0.1, 0.15) is 31.2 Å². The van der Waals surface area contributed by atoms with Crippen molar-refractivity contribution in [1.29, 1.82) is 0 Å². The van der Waals surface area contributed by atoms with E-state index < -0.39 is 0 Å². The van der Waals surface area contributed by atoms with Crippen molar-refractivity contribution >= 4 is 11.8 Å². The predicted molar refractivity (Wildman–Crippen MR) is 100 cm³/mol. The molecule has 2 amide bonds. The third-order valence-corrected chi connectivity index (χ3v) is 5.69. The summed E-state index contributed by atoms with van der Waals surface area (Å²) in [5.74, 6) is 0.946. The molecule has 1 aromatic rings. The number of likely N-dealkylation sites (N-methyl/N-ethyl adjacent to an activating group) is 1. The zero-order valence-electron chi connectivity index (χ0n) is 16.0. The van der Waals surface area contributed by atoms with Crippen LogP contribution in [0.3, 0.4) is 0 Å². The summed E-state index contributed by atoms with van der Waals surface area (Å²) < 4.78 is 5.17. The first-order valence-electron chi connectivity index (χ1n) is 9.43. The van der Waals surface area contributed by atoms with Gasteiger partial charge in [-0.15, -0.1) is 0 Å². The van der Waals surface area contributed by atoms with Gasteiger partial charge in [0.15, 0.2) is 0 Å². The lowest BCUT2D eigenvalue weighted by Gasteiger charge is -2.37. The molecule has 0 spiro atoms. The smallest absolute Gasteiger partial charge is 0.240 e. The van der Waals surface area contributed by atoms with Crippen molar-refractivity contribution in [2.24, 2.45) is 0 Å². The van der Waals surface area contributed by atoms with Crippen LogP contribution in [0.2, 0.25) is 0 Å². The molecule has 6 nitrogen and oxygen atoms in total. The van der Waals surface area contributed by atoms with E-state index in [2.05, 4.69) is 4.90 Å². The van der Waals surface area contributed by atoms with Crippen LogP contribution < -0.4 is 4.74 Å². The normalized spacial score (nSPS) is 22.3. The fourth-order valence-electron chi connectivity index (χ4n) is 3.89. The summed E-state index contributed by atoms with van der Waals surface area (Å²) in [4.78, 5) is 31.4. The lowest BCUT2D eigenvalue weighted by atomic mass is 9.99. The molecule has 142 valence electrons. The maximum Gasteiger partial charge on any atom is 0.240 e. The van der Waals surface area contributed by atoms with E-state index in [9.17, 15) is 9.59 Å². The average Bonchev–Trinajstić information content (AvgIpc) is 3.12. The minimum absolute atomic E-state index is 0.0236. The second kappa shape index (κ2) is 8.08. The third kappa shape index (κ3) is 3.85. The Morgan fingerprint density at radius 1 is 1.04 bits per heavy atom. The summed E-state index contributed by atoms with van der Waals surface area (Å²) in [5.41, 5.74) is 0.988. The highest BCUT2D eigenvalue weighted by Crippen LogP contribution is 2.23. The molecular weight excluding hydrogens is 330 g/mol. The number of nitrogens with zero attached hydrogens (tertiary/aromatic N) is 3. The Balaban J connectivity index is 1.55. The SMILES string of the molecule is COc1ccc(C(C)C(=O)N2CCN(C(=O)C3CCCN3C)CC2)cc1. The van der Waals surface area contributed by atoms with Crippen LogP contribution in [0.15, 0.2) is 24.3 Å². The lowest BCUT2D eigenvalue weighted by Crippen LogP contribution is -2.54. The average molecular weight is 359 g/mol. The molecule has 2 aliphatic heterocycles. The molecular formula is C20H29N3O3. The molecule has 0 radical (unpaired) electrons. The van der Waals surface area contributed by atoms with Crippen LogP contribution in [0.4, 0.5) is 0 Å². The summed E-state index contributed by atoms with van der Waals surface area (Å²) in [6.07, 6.45) is 2.04. The highest BCUT2D eigenvalue weighted by Gasteiger charge is 2.34. The highest BCUT2D eigenvalue weighted by atomic mass is 16.5. The molecule has 2 aliphatic rings. The van der Waals surface area contributed by atoms with Gasteiger partial charge in [0.2, 0.25) is 11.8 Å². The fraction of sp³-hybridized carbons (Fsp3) is 0.600. The number of hydrogen-bond donors (Lipinski definition) is 0. The van der Waals surface area contributed by atoms with Gasteiger partial charge in [0.05, 0.1) is 19.1 Å². The first-order chi connectivity index (χ1) is 12.5. The largest absolute Gasteiger partial charge is 0.497 e. The minimum Gasteiger partial charge on any atom is -0.497 e. The summed E-state index contributed by atoms with van der Waals surface area (Å²) in [5, 5.41) is 0.